The smallest absolute Gasteiger partial charge is 0.295 e. The molecule has 1 saturated heterocycles. The van der Waals surface area contributed by atoms with Crippen molar-refractivity contribution in [2.45, 2.75) is 13.3 Å². The summed E-state index contributed by atoms with van der Waals surface area (Å²) in [6, 6.07) is 16.8. The fraction of sp³-hybridized carbons (Fsp3) is 0.167. The number of anilines is 1. The standard InChI is InChI=1S/C24H21BrN4O3S2/c1-15-21(23(32)29(27(15)2)18-9-4-3-5-10-18)26-20(30)11-12-28-22(31)19(34-24(28)33)14-16-7-6-8-17(25)13-16/h3-10,13-14H,11-12H2,1-2H3,(H,26,30)/b19-14-. The Morgan fingerprint density at radius 2 is 1.88 bits per heavy atom. The van der Waals surface area contributed by atoms with Crippen molar-refractivity contribution >= 4 is 67.8 Å². The lowest BCUT2D eigenvalue weighted by atomic mass is 10.2. The van der Waals surface area contributed by atoms with E-state index in [0.29, 0.717) is 20.6 Å². The molecule has 10 heteroatoms. The van der Waals surface area contributed by atoms with Crippen LogP contribution >= 0.6 is 39.9 Å². The fourth-order valence-corrected chi connectivity index (χ4v) is 5.29. The van der Waals surface area contributed by atoms with Gasteiger partial charge in [-0.1, -0.05) is 70.2 Å². The van der Waals surface area contributed by atoms with E-state index in [-0.39, 0.29) is 36.0 Å². The first-order valence-corrected chi connectivity index (χ1v) is 12.4. The van der Waals surface area contributed by atoms with Crippen LogP contribution in [0.15, 0.2) is 68.8 Å². The first-order chi connectivity index (χ1) is 16.3. The number of thioether (sulfide) groups is 1. The van der Waals surface area contributed by atoms with Crippen molar-refractivity contribution in [1.29, 1.82) is 0 Å². The Labute approximate surface area is 214 Å². The molecule has 1 fully saturated rings. The first kappa shape index (κ1) is 24.2. The lowest BCUT2D eigenvalue weighted by Crippen LogP contribution is -2.32. The summed E-state index contributed by atoms with van der Waals surface area (Å²) >= 11 is 10.00. The molecule has 1 aliphatic heterocycles. The molecule has 0 spiro atoms. The number of rotatable bonds is 6. The molecular weight excluding hydrogens is 536 g/mol. The number of carbonyl (C=O) groups is 2. The van der Waals surface area contributed by atoms with Crippen LogP contribution in [0.4, 0.5) is 5.69 Å². The third-order valence-electron chi connectivity index (χ3n) is 5.40. The largest absolute Gasteiger partial charge is 0.320 e. The summed E-state index contributed by atoms with van der Waals surface area (Å²) < 4.78 is 4.51. The van der Waals surface area contributed by atoms with Gasteiger partial charge in [-0.2, -0.15) is 0 Å². The Balaban J connectivity index is 1.44. The van der Waals surface area contributed by atoms with E-state index in [1.807, 2.05) is 54.6 Å². The van der Waals surface area contributed by atoms with Gasteiger partial charge >= 0.3 is 0 Å². The van der Waals surface area contributed by atoms with Crippen molar-refractivity contribution in [2.24, 2.45) is 7.05 Å². The normalized spacial score (nSPS) is 14.8. The first-order valence-electron chi connectivity index (χ1n) is 10.4. The number of halogens is 1. The second-order valence-corrected chi connectivity index (χ2v) is 10.2. The van der Waals surface area contributed by atoms with E-state index in [0.717, 1.165) is 10.0 Å². The van der Waals surface area contributed by atoms with Gasteiger partial charge < -0.3 is 5.32 Å². The van der Waals surface area contributed by atoms with Crippen LogP contribution in [-0.2, 0) is 16.6 Å². The van der Waals surface area contributed by atoms with Gasteiger partial charge in [0.05, 0.1) is 16.3 Å². The molecule has 174 valence electrons. The van der Waals surface area contributed by atoms with E-state index >= 15 is 0 Å². The summed E-state index contributed by atoms with van der Waals surface area (Å²) in [6.07, 6.45) is 1.79. The molecule has 1 N–H and O–H groups in total. The summed E-state index contributed by atoms with van der Waals surface area (Å²) in [5.74, 6) is -0.596. The minimum atomic E-state index is -0.365. The number of para-hydroxylation sites is 1. The molecule has 0 unspecified atom stereocenters. The Morgan fingerprint density at radius 3 is 2.59 bits per heavy atom. The third-order valence-corrected chi connectivity index (χ3v) is 7.27. The minimum Gasteiger partial charge on any atom is -0.320 e. The van der Waals surface area contributed by atoms with Gasteiger partial charge in [0.15, 0.2) is 0 Å². The molecule has 34 heavy (non-hydrogen) atoms. The maximum atomic E-state index is 13.0. The number of carbonyl (C=O) groups excluding carboxylic acids is 2. The zero-order valence-electron chi connectivity index (χ0n) is 18.4. The predicted molar refractivity (Wildman–Crippen MR) is 143 cm³/mol. The van der Waals surface area contributed by atoms with Gasteiger partial charge in [-0.25, -0.2) is 4.68 Å². The second kappa shape index (κ2) is 10.1. The highest BCUT2D eigenvalue weighted by molar-refractivity contribution is 9.10. The van der Waals surface area contributed by atoms with Crippen molar-refractivity contribution in [3.8, 4) is 5.69 Å². The van der Waals surface area contributed by atoms with Crippen LogP contribution in [0.1, 0.15) is 17.7 Å². The molecule has 1 aliphatic rings. The number of benzene rings is 2. The fourth-order valence-electron chi connectivity index (χ4n) is 3.57. The summed E-state index contributed by atoms with van der Waals surface area (Å²) in [6.45, 7) is 1.90. The van der Waals surface area contributed by atoms with Gasteiger partial charge in [-0.15, -0.1) is 0 Å². The van der Waals surface area contributed by atoms with Crippen molar-refractivity contribution in [3.05, 3.63) is 85.6 Å². The number of nitrogens with one attached hydrogen (secondary N) is 1. The molecule has 0 radical (unpaired) electrons. The molecule has 2 heterocycles. The number of hydrogen-bond donors (Lipinski definition) is 1. The van der Waals surface area contributed by atoms with Crippen LogP contribution < -0.4 is 10.9 Å². The molecule has 2 aromatic carbocycles. The SMILES string of the molecule is Cc1c(NC(=O)CCN2C(=O)/C(=C/c3cccc(Br)c3)SC2=S)c(=O)n(-c2ccccc2)n1C. The summed E-state index contributed by atoms with van der Waals surface area (Å²) in [4.78, 5) is 40.4. The van der Waals surface area contributed by atoms with Gasteiger partial charge in [-0.3, -0.25) is 24.0 Å². The van der Waals surface area contributed by atoms with E-state index < -0.39 is 0 Å². The van der Waals surface area contributed by atoms with Crippen molar-refractivity contribution < 1.29 is 9.59 Å². The van der Waals surface area contributed by atoms with Crippen LogP contribution in [0.5, 0.6) is 0 Å². The van der Waals surface area contributed by atoms with E-state index in [4.69, 9.17) is 12.2 Å². The average Bonchev–Trinajstić information content (AvgIpc) is 3.19. The van der Waals surface area contributed by atoms with Gasteiger partial charge in [0.25, 0.3) is 11.5 Å². The molecule has 0 saturated carbocycles. The van der Waals surface area contributed by atoms with Crippen LogP contribution in [0.25, 0.3) is 11.8 Å². The van der Waals surface area contributed by atoms with Gasteiger partial charge in [0.1, 0.15) is 10.0 Å². The van der Waals surface area contributed by atoms with Crippen molar-refractivity contribution in [1.82, 2.24) is 14.3 Å². The number of thiocarbonyl (C=S) groups is 1. The summed E-state index contributed by atoms with van der Waals surface area (Å²) in [7, 11) is 1.76. The van der Waals surface area contributed by atoms with Gasteiger partial charge in [0, 0.05) is 24.5 Å². The maximum absolute atomic E-state index is 13.0. The van der Waals surface area contributed by atoms with Crippen LogP contribution in [-0.4, -0.2) is 36.9 Å². The van der Waals surface area contributed by atoms with Gasteiger partial charge in [0.2, 0.25) is 5.91 Å². The Bertz CT molecular complexity index is 1380. The zero-order valence-corrected chi connectivity index (χ0v) is 21.7. The Morgan fingerprint density at radius 1 is 1.15 bits per heavy atom. The van der Waals surface area contributed by atoms with Crippen LogP contribution in [0.2, 0.25) is 0 Å². The quantitative estimate of drug-likeness (QED) is 0.358. The predicted octanol–water partition coefficient (Wildman–Crippen LogP) is 4.48. The molecule has 7 nitrogen and oxygen atoms in total. The highest BCUT2D eigenvalue weighted by Crippen LogP contribution is 2.33. The lowest BCUT2D eigenvalue weighted by Gasteiger charge is -2.13. The highest BCUT2D eigenvalue weighted by Gasteiger charge is 2.32. The van der Waals surface area contributed by atoms with E-state index in [1.165, 1.54) is 21.3 Å². The zero-order chi connectivity index (χ0) is 24.4. The Hall–Kier alpha value is -2.95. The molecule has 1 aromatic heterocycles. The minimum absolute atomic E-state index is 0.00964. The molecule has 2 amide bonds. The highest BCUT2D eigenvalue weighted by atomic mass is 79.9. The second-order valence-electron chi connectivity index (χ2n) is 7.62. The summed E-state index contributed by atoms with van der Waals surface area (Å²) in [5, 5.41) is 2.72. The van der Waals surface area contributed by atoms with Crippen molar-refractivity contribution in [2.75, 3.05) is 11.9 Å². The monoisotopic (exact) mass is 556 g/mol. The van der Waals surface area contributed by atoms with E-state index in [9.17, 15) is 14.4 Å². The molecule has 3 aromatic rings. The van der Waals surface area contributed by atoms with E-state index in [2.05, 4.69) is 21.2 Å². The molecule has 4 rings (SSSR count). The van der Waals surface area contributed by atoms with Crippen LogP contribution in [0.3, 0.4) is 0 Å². The number of nitrogens with zero attached hydrogens (tertiary/aromatic N) is 3. The molecule has 0 bridgehead atoms. The number of amides is 2. The Kier molecular flexibility index (Phi) is 7.20. The number of aromatic nitrogens is 2. The summed E-state index contributed by atoms with van der Waals surface area (Å²) in [5.41, 5.74) is 2.11. The average molecular weight is 557 g/mol. The van der Waals surface area contributed by atoms with Gasteiger partial charge in [-0.05, 0) is 42.8 Å². The van der Waals surface area contributed by atoms with Crippen molar-refractivity contribution in [3.63, 3.8) is 0 Å². The maximum Gasteiger partial charge on any atom is 0.295 e. The molecular formula is C24H21BrN4O3S2. The molecule has 0 atom stereocenters. The topological polar surface area (TPSA) is 76.3 Å². The molecule has 0 aliphatic carbocycles. The number of hydrogen-bond acceptors (Lipinski definition) is 5. The van der Waals surface area contributed by atoms with E-state index in [1.54, 1.807) is 24.7 Å². The van der Waals surface area contributed by atoms with Crippen LogP contribution in [0, 0.1) is 6.92 Å². The third kappa shape index (κ3) is 4.94. The lowest BCUT2D eigenvalue weighted by molar-refractivity contribution is -0.122.